The first kappa shape index (κ1) is 15.5. The highest BCUT2D eigenvalue weighted by atomic mass is 16.5. The minimum Gasteiger partial charge on any atom is -0.497 e. The van der Waals surface area contributed by atoms with Gasteiger partial charge in [0.15, 0.2) is 0 Å². The van der Waals surface area contributed by atoms with E-state index in [-0.39, 0.29) is 0 Å². The van der Waals surface area contributed by atoms with Crippen LogP contribution in [0.25, 0.3) is 10.9 Å². The normalized spacial score (nSPS) is 10.9. The molecule has 0 spiro atoms. The Morgan fingerprint density at radius 3 is 2.16 bits per heavy atom. The second kappa shape index (κ2) is 6.86. The molecule has 0 fully saturated rings. The summed E-state index contributed by atoms with van der Waals surface area (Å²) in [7, 11) is 1.70. The SMILES string of the molecule is COc1ccc(Cc2[nH]c3ccccc3c2Cc2ccccc2)cc1. The molecule has 0 unspecified atom stereocenters. The standard InChI is InChI=1S/C23H21NO/c1-25-19-13-11-18(12-14-19)16-23-21(15-17-7-3-2-4-8-17)20-9-5-6-10-22(20)24-23/h2-14,24H,15-16H2,1H3. The zero-order valence-electron chi connectivity index (χ0n) is 14.3. The van der Waals surface area contributed by atoms with Gasteiger partial charge in [0, 0.05) is 23.0 Å². The van der Waals surface area contributed by atoms with Crippen LogP contribution < -0.4 is 4.74 Å². The van der Waals surface area contributed by atoms with Gasteiger partial charge in [-0.3, -0.25) is 0 Å². The molecule has 1 N–H and O–H groups in total. The quantitative estimate of drug-likeness (QED) is 0.524. The van der Waals surface area contributed by atoms with Crippen LogP contribution in [0.15, 0.2) is 78.9 Å². The topological polar surface area (TPSA) is 25.0 Å². The van der Waals surface area contributed by atoms with E-state index in [1.165, 1.54) is 33.3 Å². The number of aromatic amines is 1. The van der Waals surface area contributed by atoms with Crippen molar-refractivity contribution in [1.29, 1.82) is 0 Å². The Hall–Kier alpha value is -3.00. The zero-order chi connectivity index (χ0) is 17.1. The van der Waals surface area contributed by atoms with E-state index in [9.17, 15) is 0 Å². The van der Waals surface area contributed by atoms with Crippen LogP contribution in [-0.4, -0.2) is 12.1 Å². The van der Waals surface area contributed by atoms with E-state index in [2.05, 4.69) is 71.7 Å². The highest BCUT2D eigenvalue weighted by molar-refractivity contribution is 5.85. The van der Waals surface area contributed by atoms with Gasteiger partial charge in [-0.15, -0.1) is 0 Å². The Labute approximate surface area is 148 Å². The van der Waals surface area contributed by atoms with Crippen molar-refractivity contribution in [3.05, 3.63) is 101 Å². The Morgan fingerprint density at radius 2 is 1.40 bits per heavy atom. The van der Waals surface area contributed by atoms with E-state index in [0.717, 1.165) is 18.6 Å². The third-order valence-corrected chi connectivity index (χ3v) is 4.67. The fourth-order valence-corrected chi connectivity index (χ4v) is 3.36. The van der Waals surface area contributed by atoms with Gasteiger partial charge in [0.05, 0.1) is 7.11 Å². The molecule has 0 aliphatic heterocycles. The van der Waals surface area contributed by atoms with Gasteiger partial charge < -0.3 is 9.72 Å². The average molecular weight is 327 g/mol. The molecule has 2 nitrogen and oxygen atoms in total. The van der Waals surface area contributed by atoms with Crippen LogP contribution in [0.5, 0.6) is 5.75 Å². The van der Waals surface area contributed by atoms with Gasteiger partial charge >= 0.3 is 0 Å². The van der Waals surface area contributed by atoms with Gasteiger partial charge in [-0.1, -0.05) is 60.7 Å². The summed E-state index contributed by atoms with van der Waals surface area (Å²) in [6.07, 6.45) is 1.83. The number of methoxy groups -OCH3 is 1. The maximum atomic E-state index is 5.26. The molecular formula is C23H21NO. The number of hydrogen-bond donors (Lipinski definition) is 1. The summed E-state index contributed by atoms with van der Waals surface area (Å²) in [5, 5.41) is 1.31. The van der Waals surface area contributed by atoms with Crippen molar-refractivity contribution in [2.45, 2.75) is 12.8 Å². The molecule has 0 atom stereocenters. The van der Waals surface area contributed by atoms with Gasteiger partial charge in [-0.05, 0) is 41.3 Å². The number of H-pyrrole nitrogens is 1. The molecule has 0 bridgehead atoms. The number of para-hydroxylation sites is 1. The monoisotopic (exact) mass is 327 g/mol. The summed E-state index contributed by atoms with van der Waals surface area (Å²) in [4.78, 5) is 3.63. The van der Waals surface area contributed by atoms with Crippen molar-refractivity contribution in [3.8, 4) is 5.75 Å². The lowest BCUT2D eigenvalue weighted by molar-refractivity contribution is 0.414. The first-order chi connectivity index (χ1) is 12.3. The molecular weight excluding hydrogens is 306 g/mol. The van der Waals surface area contributed by atoms with Crippen molar-refractivity contribution in [2.75, 3.05) is 7.11 Å². The molecule has 1 aromatic heterocycles. The number of nitrogens with one attached hydrogen (secondary N) is 1. The fourth-order valence-electron chi connectivity index (χ4n) is 3.36. The molecule has 3 aromatic carbocycles. The maximum absolute atomic E-state index is 5.26. The number of hydrogen-bond acceptors (Lipinski definition) is 1. The third kappa shape index (κ3) is 3.29. The largest absolute Gasteiger partial charge is 0.497 e. The van der Waals surface area contributed by atoms with E-state index >= 15 is 0 Å². The van der Waals surface area contributed by atoms with Crippen LogP contribution in [0.4, 0.5) is 0 Å². The van der Waals surface area contributed by atoms with Crippen molar-refractivity contribution in [2.24, 2.45) is 0 Å². The molecule has 1 heterocycles. The average Bonchev–Trinajstić information content (AvgIpc) is 3.00. The van der Waals surface area contributed by atoms with Crippen LogP contribution in [0.2, 0.25) is 0 Å². The number of ether oxygens (including phenoxy) is 1. The van der Waals surface area contributed by atoms with Gasteiger partial charge in [0.25, 0.3) is 0 Å². The number of fused-ring (bicyclic) bond motifs is 1. The molecule has 0 amide bonds. The smallest absolute Gasteiger partial charge is 0.118 e. The van der Waals surface area contributed by atoms with Crippen LogP contribution in [0.3, 0.4) is 0 Å². The summed E-state index contributed by atoms with van der Waals surface area (Å²) in [6, 6.07) is 27.5. The molecule has 0 aliphatic rings. The van der Waals surface area contributed by atoms with E-state index in [1.54, 1.807) is 7.11 Å². The first-order valence-corrected chi connectivity index (χ1v) is 8.59. The summed E-state index contributed by atoms with van der Waals surface area (Å²) < 4.78 is 5.26. The molecule has 0 aliphatic carbocycles. The van der Waals surface area contributed by atoms with E-state index in [4.69, 9.17) is 4.74 Å². The summed E-state index contributed by atoms with van der Waals surface area (Å²) in [5.74, 6) is 0.893. The van der Waals surface area contributed by atoms with E-state index in [0.29, 0.717) is 0 Å². The summed E-state index contributed by atoms with van der Waals surface area (Å²) in [6.45, 7) is 0. The fraction of sp³-hybridized carbons (Fsp3) is 0.130. The predicted molar refractivity (Wildman–Crippen MR) is 103 cm³/mol. The number of benzene rings is 3. The van der Waals surface area contributed by atoms with Crippen molar-refractivity contribution < 1.29 is 4.74 Å². The maximum Gasteiger partial charge on any atom is 0.118 e. The molecule has 124 valence electrons. The number of aromatic nitrogens is 1. The van der Waals surface area contributed by atoms with Crippen LogP contribution in [-0.2, 0) is 12.8 Å². The predicted octanol–water partition coefficient (Wildman–Crippen LogP) is 5.36. The van der Waals surface area contributed by atoms with Crippen molar-refractivity contribution in [3.63, 3.8) is 0 Å². The van der Waals surface area contributed by atoms with Gasteiger partial charge in [0.1, 0.15) is 5.75 Å². The second-order valence-electron chi connectivity index (χ2n) is 6.31. The third-order valence-electron chi connectivity index (χ3n) is 4.67. The van der Waals surface area contributed by atoms with Crippen LogP contribution in [0, 0.1) is 0 Å². The lowest BCUT2D eigenvalue weighted by Gasteiger charge is -2.07. The molecule has 25 heavy (non-hydrogen) atoms. The Bertz CT molecular complexity index is 968. The van der Waals surface area contributed by atoms with Crippen molar-refractivity contribution >= 4 is 10.9 Å². The highest BCUT2D eigenvalue weighted by Crippen LogP contribution is 2.27. The molecule has 0 saturated carbocycles. The van der Waals surface area contributed by atoms with Gasteiger partial charge in [-0.2, -0.15) is 0 Å². The summed E-state index contributed by atoms with van der Waals surface area (Å²) >= 11 is 0. The van der Waals surface area contributed by atoms with E-state index < -0.39 is 0 Å². The minimum absolute atomic E-state index is 0.890. The zero-order valence-corrected chi connectivity index (χ0v) is 14.3. The molecule has 2 heteroatoms. The summed E-state index contributed by atoms with van der Waals surface area (Å²) in [5.41, 5.74) is 6.50. The molecule has 4 aromatic rings. The second-order valence-corrected chi connectivity index (χ2v) is 6.31. The van der Waals surface area contributed by atoms with Gasteiger partial charge in [-0.25, -0.2) is 0 Å². The lowest BCUT2D eigenvalue weighted by atomic mass is 9.98. The Morgan fingerprint density at radius 1 is 0.720 bits per heavy atom. The lowest BCUT2D eigenvalue weighted by Crippen LogP contribution is -1.96. The van der Waals surface area contributed by atoms with Crippen molar-refractivity contribution in [1.82, 2.24) is 4.98 Å². The van der Waals surface area contributed by atoms with Gasteiger partial charge in [0.2, 0.25) is 0 Å². The van der Waals surface area contributed by atoms with E-state index in [1.807, 2.05) is 12.1 Å². The molecule has 0 radical (unpaired) electrons. The first-order valence-electron chi connectivity index (χ1n) is 8.59. The Kier molecular flexibility index (Phi) is 4.26. The van der Waals surface area contributed by atoms with Crippen LogP contribution in [0.1, 0.15) is 22.4 Å². The van der Waals surface area contributed by atoms with Crippen LogP contribution >= 0.6 is 0 Å². The highest BCUT2D eigenvalue weighted by Gasteiger charge is 2.12. The molecule has 4 rings (SSSR count). The minimum atomic E-state index is 0.890. The Balaban J connectivity index is 1.72. The number of rotatable bonds is 5. The molecule has 0 saturated heterocycles.